The summed E-state index contributed by atoms with van der Waals surface area (Å²) in [5.41, 5.74) is 0.278. The molecule has 0 aliphatic rings. The number of aliphatic carboxylic acids is 3. The summed E-state index contributed by atoms with van der Waals surface area (Å²) in [4.78, 5) is 115. The molecule has 0 fully saturated rings. The summed E-state index contributed by atoms with van der Waals surface area (Å²) in [6, 6.07) is -0.663. The zero-order valence-electron chi connectivity index (χ0n) is 34.8. The van der Waals surface area contributed by atoms with Gasteiger partial charge in [0.2, 0.25) is 35.4 Å². The average molecular weight is 847 g/mol. The van der Waals surface area contributed by atoms with Crippen LogP contribution >= 0.6 is 0 Å². The van der Waals surface area contributed by atoms with E-state index < -0.39 is 134 Å². The highest BCUT2D eigenvalue weighted by atomic mass is 16.4. The molecule has 0 aliphatic heterocycles. The van der Waals surface area contributed by atoms with Gasteiger partial charge in [-0.3, -0.25) is 43.2 Å². The van der Waals surface area contributed by atoms with Crippen LogP contribution in [0.15, 0.2) is 36.9 Å². The zero-order chi connectivity index (χ0) is 45.9. The fraction of sp³-hybridized carbons (Fsp3) is 0.564. The summed E-state index contributed by atoms with van der Waals surface area (Å²) in [6.07, 6.45) is -2.09. The molecule has 0 saturated carbocycles. The first-order chi connectivity index (χ1) is 27.9. The molecule has 332 valence electrons. The normalized spacial score (nSPS) is 14.2. The first kappa shape index (κ1) is 52.2. The van der Waals surface area contributed by atoms with E-state index in [0.717, 1.165) is 0 Å². The van der Waals surface area contributed by atoms with Gasteiger partial charge in [-0.05, 0) is 48.6 Å². The van der Waals surface area contributed by atoms with Crippen LogP contribution in [-0.2, 0) is 49.6 Å². The number of carboxylic acid groups (broad SMARTS) is 3. The predicted molar refractivity (Wildman–Crippen MR) is 216 cm³/mol. The summed E-state index contributed by atoms with van der Waals surface area (Å²) in [5, 5.41) is 61.9. The number of aryl methyl sites for hydroxylation is 1. The van der Waals surface area contributed by atoms with Crippen LogP contribution in [0.2, 0.25) is 0 Å². The van der Waals surface area contributed by atoms with Gasteiger partial charge in [0.05, 0.1) is 18.8 Å². The number of nitrogens with one attached hydrogen (secondary N) is 6. The third-order valence-corrected chi connectivity index (χ3v) is 9.06. The lowest BCUT2D eigenvalue weighted by Gasteiger charge is -2.34. The van der Waals surface area contributed by atoms with Crippen molar-refractivity contribution in [2.75, 3.05) is 0 Å². The van der Waals surface area contributed by atoms with Crippen molar-refractivity contribution in [3.8, 4) is 0 Å². The van der Waals surface area contributed by atoms with Gasteiger partial charge in [0, 0.05) is 19.3 Å². The molecule has 1 aromatic rings. The van der Waals surface area contributed by atoms with Crippen LogP contribution in [0.25, 0.3) is 0 Å². The van der Waals surface area contributed by atoms with E-state index in [2.05, 4.69) is 38.5 Å². The molecule has 1 rings (SSSR count). The Bertz CT molecular complexity index is 1720. The Kier molecular flexibility index (Phi) is 21.7. The van der Waals surface area contributed by atoms with Crippen LogP contribution in [0.1, 0.15) is 90.7 Å². The van der Waals surface area contributed by atoms with Crippen LogP contribution in [-0.4, -0.2) is 122 Å². The quantitative estimate of drug-likeness (QED) is 0.0407. The van der Waals surface area contributed by atoms with E-state index in [1.54, 1.807) is 65.8 Å². The van der Waals surface area contributed by atoms with Crippen molar-refractivity contribution in [2.24, 2.45) is 11.3 Å². The molecule has 60 heavy (non-hydrogen) atoms. The van der Waals surface area contributed by atoms with E-state index >= 15 is 0 Å². The molecule has 0 radical (unpaired) electrons. The SMILES string of the molecule is C=CC[C@H](NC(=O)[C@H](CC(C)C)NC(=O)[C@@H](NC(=O)[C@H](Cc1ccccc1C)NC(=O)[C@H](CCC(=O)O)NC(=O)[C@H](CC(=O)O)NC(=O)CCC(=O)O)C(C)(C)C)B(O)O. The largest absolute Gasteiger partial charge is 0.481 e. The van der Waals surface area contributed by atoms with Gasteiger partial charge in [-0.25, -0.2) is 0 Å². The van der Waals surface area contributed by atoms with E-state index in [4.69, 9.17) is 5.11 Å². The fourth-order valence-electron chi connectivity index (χ4n) is 5.81. The van der Waals surface area contributed by atoms with Gasteiger partial charge in [0.25, 0.3) is 0 Å². The topological polar surface area (TPSA) is 327 Å². The maximum atomic E-state index is 14.2. The van der Waals surface area contributed by atoms with Gasteiger partial charge < -0.3 is 57.3 Å². The Labute approximate surface area is 348 Å². The molecule has 20 nitrogen and oxygen atoms in total. The van der Waals surface area contributed by atoms with Crippen LogP contribution in [0.5, 0.6) is 0 Å². The molecule has 11 N–H and O–H groups in total. The van der Waals surface area contributed by atoms with Crippen LogP contribution in [0, 0.1) is 18.3 Å². The molecule has 6 atom stereocenters. The molecule has 0 unspecified atom stereocenters. The van der Waals surface area contributed by atoms with Crippen LogP contribution in [0.4, 0.5) is 0 Å². The Morgan fingerprint density at radius 1 is 0.683 bits per heavy atom. The molecule has 0 saturated heterocycles. The van der Waals surface area contributed by atoms with Gasteiger partial charge in [-0.15, -0.1) is 6.58 Å². The minimum Gasteiger partial charge on any atom is -0.481 e. The lowest BCUT2D eigenvalue weighted by atomic mass is 9.77. The summed E-state index contributed by atoms with van der Waals surface area (Å²) in [6.45, 7) is 13.8. The lowest BCUT2D eigenvalue weighted by Crippen LogP contribution is -2.62. The van der Waals surface area contributed by atoms with Gasteiger partial charge in [-0.2, -0.15) is 0 Å². The Balaban J connectivity index is 3.56. The summed E-state index contributed by atoms with van der Waals surface area (Å²) in [7, 11) is -1.93. The number of hydrogen-bond donors (Lipinski definition) is 11. The second-order valence-electron chi connectivity index (χ2n) is 15.8. The third-order valence-electron chi connectivity index (χ3n) is 9.06. The number of rotatable bonds is 26. The number of benzene rings is 1. The molecular weight excluding hydrogens is 787 g/mol. The second-order valence-corrected chi connectivity index (χ2v) is 15.8. The molecule has 0 heterocycles. The molecule has 0 bridgehead atoms. The Morgan fingerprint density at radius 2 is 1.22 bits per heavy atom. The third kappa shape index (κ3) is 19.3. The minimum atomic E-state index is -1.93. The fourth-order valence-corrected chi connectivity index (χ4v) is 5.81. The van der Waals surface area contributed by atoms with Crippen LogP contribution in [0.3, 0.4) is 0 Å². The first-order valence-electron chi connectivity index (χ1n) is 19.3. The van der Waals surface area contributed by atoms with Crippen molar-refractivity contribution in [3.05, 3.63) is 48.0 Å². The zero-order valence-corrected chi connectivity index (χ0v) is 34.8. The van der Waals surface area contributed by atoms with Crippen LogP contribution < -0.4 is 31.9 Å². The van der Waals surface area contributed by atoms with E-state index in [1.165, 1.54) is 6.08 Å². The van der Waals surface area contributed by atoms with Crippen molar-refractivity contribution in [2.45, 2.75) is 129 Å². The van der Waals surface area contributed by atoms with Crippen molar-refractivity contribution < 1.29 is 68.5 Å². The lowest BCUT2D eigenvalue weighted by molar-refractivity contribution is -0.142. The van der Waals surface area contributed by atoms with E-state index in [-0.39, 0.29) is 25.2 Å². The van der Waals surface area contributed by atoms with Gasteiger partial charge in [0.1, 0.15) is 30.2 Å². The van der Waals surface area contributed by atoms with Crippen molar-refractivity contribution >= 4 is 60.5 Å². The number of carboxylic acids is 3. The molecular formula is C39H59BN6O14. The van der Waals surface area contributed by atoms with Gasteiger partial charge in [0.15, 0.2) is 0 Å². The number of carbonyl (C=O) groups excluding carboxylic acids is 6. The smallest absolute Gasteiger partial charge is 0.475 e. The summed E-state index contributed by atoms with van der Waals surface area (Å²) >= 11 is 0. The molecule has 0 aromatic heterocycles. The van der Waals surface area contributed by atoms with Gasteiger partial charge >= 0.3 is 25.0 Å². The minimum absolute atomic E-state index is 0.00927. The molecule has 0 spiro atoms. The van der Waals surface area contributed by atoms with E-state index in [9.17, 15) is 63.4 Å². The standard InChI is InChI=1S/C39H59BN6O14/c1-8-11-28(40(59)60)45-36(56)25(18-21(2)3)44-38(58)33(39(5,6)7)46-37(57)26(19-23-13-10-9-12-22(23)4)43-34(54)24(14-16-30(48)49)42-35(55)27(20-32(52)53)41-29(47)15-17-31(50)51/h8-10,12-13,21,24-28,33,59-60H,1,11,14-20H2,2-7H3,(H,41,47)(H,42,55)(H,43,54)(H,44,58)(H,45,56)(H,46,57)(H,48,49)(H,50,51)(H,52,53)/t24-,25-,26-,27-,28-,33+/m0/s1. The Hall–Kier alpha value is -5.83. The number of amides is 6. The summed E-state index contributed by atoms with van der Waals surface area (Å²) in [5.74, 6) is -11.1. The maximum Gasteiger partial charge on any atom is 0.475 e. The van der Waals surface area contributed by atoms with E-state index in [1.807, 2.05) is 0 Å². The molecule has 21 heteroatoms. The van der Waals surface area contributed by atoms with Crippen molar-refractivity contribution in [1.29, 1.82) is 0 Å². The monoisotopic (exact) mass is 846 g/mol. The second kappa shape index (κ2) is 24.9. The number of hydrogen-bond acceptors (Lipinski definition) is 11. The highest BCUT2D eigenvalue weighted by molar-refractivity contribution is 6.43. The van der Waals surface area contributed by atoms with Gasteiger partial charge in [-0.1, -0.05) is 65.0 Å². The average Bonchev–Trinajstić information content (AvgIpc) is 3.13. The molecule has 1 aromatic carbocycles. The summed E-state index contributed by atoms with van der Waals surface area (Å²) < 4.78 is 0. The number of carbonyl (C=O) groups is 9. The predicted octanol–water partition coefficient (Wildman–Crippen LogP) is -0.669. The highest BCUT2D eigenvalue weighted by Gasteiger charge is 2.38. The van der Waals surface area contributed by atoms with Crippen molar-refractivity contribution in [1.82, 2.24) is 31.9 Å². The molecule has 6 amide bonds. The first-order valence-corrected chi connectivity index (χ1v) is 19.3. The highest BCUT2D eigenvalue weighted by Crippen LogP contribution is 2.21. The maximum absolute atomic E-state index is 14.2. The Morgan fingerprint density at radius 3 is 1.73 bits per heavy atom. The van der Waals surface area contributed by atoms with Crippen molar-refractivity contribution in [3.63, 3.8) is 0 Å². The molecule has 0 aliphatic carbocycles. The van der Waals surface area contributed by atoms with E-state index in [0.29, 0.717) is 11.1 Å².